The van der Waals surface area contributed by atoms with Crippen molar-refractivity contribution in [3.05, 3.63) is 23.3 Å². The molecule has 1 aromatic heterocycles. The predicted octanol–water partition coefficient (Wildman–Crippen LogP) is 2.81. The van der Waals surface area contributed by atoms with Crippen LogP contribution in [-0.4, -0.2) is 22.5 Å². The van der Waals surface area contributed by atoms with E-state index in [1.54, 1.807) is 6.92 Å². The lowest BCUT2D eigenvalue weighted by Gasteiger charge is -2.22. The molecular formula is C14H19N2O2. The van der Waals surface area contributed by atoms with E-state index in [4.69, 9.17) is 4.74 Å². The Morgan fingerprint density at radius 1 is 1.33 bits per heavy atom. The molecule has 1 aliphatic carbocycles. The highest BCUT2D eigenvalue weighted by Gasteiger charge is 2.23. The van der Waals surface area contributed by atoms with E-state index in [1.165, 1.54) is 19.3 Å². The van der Waals surface area contributed by atoms with Crippen LogP contribution in [0.2, 0.25) is 0 Å². The normalized spacial score (nSPS) is 16.6. The summed E-state index contributed by atoms with van der Waals surface area (Å²) in [6, 6.07) is 0. The van der Waals surface area contributed by atoms with E-state index < -0.39 is 0 Å². The SMILES string of the molecule is CCOC(=O)c1n[c]nc(C2CCCCC2)c1C. The van der Waals surface area contributed by atoms with Crippen LogP contribution < -0.4 is 0 Å². The predicted molar refractivity (Wildman–Crippen MR) is 67.4 cm³/mol. The summed E-state index contributed by atoms with van der Waals surface area (Å²) in [5.41, 5.74) is 2.21. The number of hydrogen-bond donors (Lipinski definition) is 0. The van der Waals surface area contributed by atoms with Crippen LogP contribution in [0.1, 0.15) is 66.7 Å². The van der Waals surface area contributed by atoms with Gasteiger partial charge in [-0.05, 0) is 26.7 Å². The summed E-state index contributed by atoms with van der Waals surface area (Å²) in [6.07, 6.45) is 8.68. The quantitative estimate of drug-likeness (QED) is 0.771. The maximum absolute atomic E-state index is 11.8. The molecule has 2 rings (SSSR count). The Morgan fingerprint density at radius 2 is 2.06 bits per heavy atom. The molecule has 18 heavy (non-hydrogen) atoms. The Morgan fingerprint density at radius 3 is 2.72 bits per heavy atom. The maximum atomic E-state index is 11.8. The van der Waals surface area contributed by atoms with Crippen molar-refractivity contribution in [1.82, 2.24) is 9.97 Å². The third-order valence-corrected chi connectivity index (χ3v) is 3.53. The average molecular weight is 247 g/mol. The largest absolute Gasteiger partial charge is 0.461 e. The monoisotopic (exact) mass is 247 g/mol. The van der Waals surface area contributed by atoms with E-state index >= 15 is 0 Å². The molecule has 0 aromatic carbocycles. The van der Waals surface area contributed by atoms with Gasteiger partial charge in [0.15, 0.2) is 12.0 Å². The van der Waals surface area contributed by atoms with E-state index in [0.29, 0.717) is 18.2 Å². The standard InChI is InChI=1S/C14H19N2O2/c1-3-18-14(17)13-10(2)12(15-9-16-13)11-7-5-4-6-8-11/h11H,3-8H2,1-2H3. The Balaban J connectivity index is 2.26. The van der Waals surface area contributed by atoms with Crippen LogP contribution in [0.4, 0.5) is 0 Å². The van der Waals surface area contributed by atoms with Gasteiger partial charge in [-0.3, -0.25) is 0 Å². The van der Waals surface area contributed by atoms with E-state index in [1.807, 2.05) is 6.92 Å². The molecule has 0 bridgehead atoms. The lowest BCUT2D eigenvalue weighted by Crippen LogP contribution is -2.15. The molecule has 1 heterocycles. The lowest BCUT2D eigenvalue weighted by molar-refractivity contribution is 0.0518. The van der Waals surface area contributed by atoms with Crippen molar-refractivity contribution in [1.29, 1.82) is 0 Å². The number of nitrogens with zero attached hydrogens (tertiary/aromatic N) is 2. The molecule has 0 atom stereocenters. The first kappa shape index (κ1) is 13.0. The van der Waals surface area contributed by atoms with Crippen molar-refractivity contribution in [2.75, 3.05) is 6.61 Å². The average Bonchev–Trinajstić information content (AvgIpc) is 2.40. The fourth-order valence-electron chi connectivity index (χ4n) is 2.59. The summed E-state index contributed by atoms with van der Waals surface area (Å²) in [7, 11) is 0. The molecule has 0 N–H and O–H groups in total. The summed E-state index contributed by atoms with van der Waals surface area (Å²) >= 11 is 0. The molecule has 1 aliphatic rings. The van der Waals surface area contributed by atoms with Gasteiger partial charge in [0.05, 0.1) is 12.3 Å². The third kappa shape index (κ3) is 2.68. The molecule has 0 unspecified atom stereocenters. The Bertz CT molecular complexity index is 426. The zero-order valence-electron chi connectivity index (χ0n) is 11.0. The van der Waals surface area contributed by atoms with Gasteiger partial charge in [0.2, 0.25) is 0 Å². The molecule has 0 saturated heterocycles. The highest BCUT2D eigenvalue weighted by molar-refractivity contribution is 5.88. The minimum atomic E-state index is -0.370. The second-order valence-electron chi connectivity index (χ2n) is 4.74. The first-order valence-corrected chi connectivity index (χ1v) is 6.65. The Hall–Kier alpha value is -1.45. The van der Waals surface area contributed by atoms with Gasteiger partial charge in [-0.25, -0.2) is 14.8 Å². The summed E-state index contributed by atoms with van der Waals surface area (Å²) in [5, 5.41) is 0. The van der Waals surface area contributed by atoms with Gasteiger partial charge in [0, 0.05) is 11.5 Å². The summed E-state index contributed by atoms with van der Waals surface area (Å²) in [6.45, 7) is 4.06. The Labute approximate surface area is 108 Å². The first-order valence-electron chi connectivity index (χ1n) is 6.65. The van der Waals surface area contributed by atoms with Crippen LogP contribution in [0, 0.1) is 13.3 Å². The zero-order chi connectivity index (χ0) is 13.0. The summed E-state index contributed by atoms with van der Waals surface area (Å²) < 4.78 is 5.00. The van der Waals surface area contributed by atoms with Crippen LogP contribution in [0.3, 0.4) is 0 Å². The maximum Gasteiger partial charge on any atom is 0.357 e. The smallest absolute Gasteiger partial charge is 0.357 e. The van der Waals surface area contributed by atoms with E-state index in [2.05, 4.69) is 16.3 Å². The minimum absolute atomic E-state index is 0.362. The van der Waals surface area contributed by atoms with Gasteiger partial charge < -0.3 is 4.74 Å². The number of hydrogen-bond acceptors (Lipinski definition) is 4. The molecule has 1 saturated carbocycles. The first-order chi connectivity index (χ1) is 8.74. The van der Waals surface area contributed by atoms with E-state index in [-0.39, 0.29) is 5.97 Å². The number of carbonyl (C=O) groups is 1. The van der Waals surface area contributed by atoms with E-state index in [9.17, 15) is 4.79 Å². The van der Waals surface area contributed by atoms with Gasteiger partial charge in [-0.2, -0.15) is 0 Å². The van der Waals surface area contributed by atoms with Gasteiger partial charge in [-0.1, -0.05) is 19.3 Å². The highest BCUT2D eigenvalue weighted by atomic mass is 16.5. The van der Waals surface area contributed by atoms with Gasteiger partial charge in [0.25, 0.3) is 0 Å². The van der Waals surface area contributed by atoms with Crippen molar-refractivity contribution in [3.8, 4) is 0 Å². The molecule has 0 amide bonds. The van der Waals surface area contributed by atoms with Crippen molar-refractivity contribution in [2.24, 2.45) is 0 Å². The Kier molecular flexibility index (Phi) is 4.28. The fourth-order valence-corrected chi connectivity index (χ4v) is 2.59. The van der Waals surface area contributed by atoms with E-state index in [0.717, 1.165) is 24.1 Å². The van der Waals surface area contributed by atoms with Crippen molar-refractivity contribution < 1.29 is 9.53 Å². The number of ether oxygens (including phenoxy) is 1. The number of aromatic nitrogens is 2. The number of rotatable bonds is 3. The molecule has 1 fully saturated rings. The van der Waals surface area contributed by atoms with Crippen LogP contribution in [-0.2, 0) is 4.74 Å². The van der Waals surface area contributed by atoms with Gasteiger partial charge in [-0.15, -0.1) is 0 Å². The van der Waals surface area contributed by atoms with Crippen LogP contribution in [0.15, 0.2) is 0 Å². The second-order valence-corrected chi connectivity index (χ2v) is 4.74. The summed E-state index contributed by atoms with van der Waals surface area (Å²) in [4.78, 5) is 20.0. The summed E-state index contributed by atoms with van der Waals surface area (Å²) in [5.74, 6) is 0.0804. The molecule has 97 valence electrons. The molecule has 1 radical (unpaired) electrons. The van der Waals surface area contributed by atoms with Crippen LogP contribution in [0.5, 0.6) is 0 Å². The molecule has 1 aromatic rings. The van der Waals surface area contributed by atoms with Crippen molar-refractivity contribution in [3.63, 3.8) is 0 Å². The van der Waals surface area contributed by atoms with Gasteiger partial charge >= 0.3 is 5.97 Å². The minimum Gasteiger partial charge on any atom is -0.461 e. The third-order valence-electron chi connectivity index (χ3n) is 3.53. The molecule has 0 spiro atoms. The number of esters is 1. The number of carbonyl (C=O) groups excluding carboxylic acids is 1. The second kappa shape index (κ2) is 5.94. The fraction of sp³-hybridized carbons (Fsp3) is 0.643. The highest BCUT2D eigenvalue weighted by Crippen LogP contribution is 2.33. The zero-order valence-corrected chi connectivity index (χ0v) is 11.0. The van der Waals surface area contributed by atoms with Gasteiger partial charge in [0.1, 0.15) is 0 Å². The van der Waals surface area contributed by atoms with Crippen LogP contribution >= 0.6 is 0 Å². The molecular weight excluding hydrogens is 228 g/mol. The van der Waals surface area contributed by atoms with Crippen molar-refractivity contribution >= 4 is 5.97 Å². The molecule has 4 nitrogen and oxygen atoms in total. The van der Waals surface area contributed by atoms with Crippen molar-refractivity contribution in [2.45, 2.75) is 51.9 Å². The lowest BCUT2D eigenvalue weighted by atomic mass is 9.85. The molecule has 4 heteroatoms. The van der Waals surface area contributed by atoms with Crippen LogP contribution in [0.25, 0.3) is 0 Å². The topological polar surface area (TPSA) is 52.1 Å². The molecule has 0 aliphatic heterocycles.